The third kappa shape index (κ3) is 2.48. The Morgan fingerprint density at radius 3 is 2.34 bits per heavy atom. The number of phenols is 1. The number of amides is 1. The number of likely N-dealkylation sites (N-methyl/N-ethyl adjacent to an activating group) is 1. The highest BCUT2D eigenvalue weighted by Gasteiger charge is 2.72. The number of carbonyl (C=O) groups excluding carboxylic acids is 5. The summed E-state index contributed by atoms with van der Waals surface area (Å²) < 4.78 is 0. The summed E-state index contributed by atoms with van der Waals surface area (Å²) in [7, 11) is 2.85. The van der Waals surface area contributed by atoms with Crippen LogP contribution in [0.5, 0.6) is 5.75 Å². The lowest BCUT2D eigenvalue weighted by molar-refractivity contribution is -0.192. The Hall–Kier alpha value is -3.21. The van der Waals surface area contributed by atoms with E-state index >= 15 is 0 Å². The van der Waals surface area contributed by atoms with Crippen molar-refractivity contribution in [2.75, 3.05) is 14.1 Å². The molecule has 3 aliphatic carbocycles. The van der Waals surface area contributed by atoms with Crippen molar-refractivity contribution in [1.82, 2.24) is 4.90 Å². The molecule has 2 fully saturated rings. The normalized spacial score (nSPS) is 36.6. The van der Waals surface area contributed by atoms with Gasteiger partial charge in [-0.2, -0.15) is 0 Å². The van der Waals surface area contributed by atoms with Crippen molar-refractivity contribution in [3.8, 4) is 5.75 Å². The number of aliphatic hydroxyl groups is 2. The first-order chi connectivity index (χ1) is 14.9. The van der Waals surface area contributed by atoms with E-state index in [4.69, 9.17) is 5.73 Å². The maximum absolute atomic E-state index is 13.6. The molecule has 4 rings (SSSR count). The number of hydrogen-bond donors (Lipinski definition) is 4. The third-order valence-electron chi connectivity index (χ3n) is 6.95. The van der Waals surface area contributed by atoms with E-state index in [9.17, 15) is 39.3 Å². The summed E-state index contributed by atoms with van der Waals surface area (Å²) in [5.74, 6) is -13.1. The molecule has 0 aliphatic heterocycles. The van der Waals surface area contributed by atoms with Crippen LogP contribution in [0, 0.1) is 23.7 Å². The summed E-state index contributed by atoms with van der Waals surface area (Å²) in [6, 6.07) is 2.78. The van der Waals surface area contributed by atoms with Gasteiger partial charge in [-0.3, -0.25) is 28.9 Å². The van der Waals surface area contributed by atoms with Crippen LogP contribution in [0.1, 0.15) is 15.9 Å². The zero-order valence-electron chi connectivity index (χ0n) is 17.3. The Kier molecular flexibility index (Phi) is 4.74. The predicted octanol–water partition coefficient (Wildman–Crippen LogP) is -1.69. The van der Waals surface area contributed by atoms with Crippen molar-refractivity contribution in [2.24, 2.45) is 29.4 Å². The molecule has 0 spiro atoms. The highest BCUT2D eigenvalue weighted by Crippen LogP contribution is 2.53. The van der Waals surface area contributed by atoms with E-state index < -0.39 is 76.2 Å². The van der Waals surface area contributed by atoms with Gasteiger partial charge in [0.15, 0.2) is 34.7 Å². The Bertz CT molecular complexity index is 1120. The van der Waals surface area contributed by atoms with Crippen LogP contribution in [0.25, 0.3) is 5.57 Å². The van der Waals surface area contributed by atoms with Crippen molar-refractivity contribution in [1.29, 1.82) is 0 Å². The molecule has 1 aromatic carbocycles. The van der Waals surface area contributed by atoms with Crippen molar-refractivity contribution < 1.29 is 39.3 Å². The lowest BCUT2D eigenvalue weighted by Crippen LogP contribution is -2.77. The second-order valence-electron chi connectivity index (χ2n) is 8.75. The molecule has 0 aromatic heterocycles. The molecule has 0 saturated heterocycles. The molecular weight excluding hydrogens is 420 g/mol. The first kappa shape index (κ1) is 22.0. The molecule has 4 unspecified atom stereocenters. The van der Waals surface area contributed by atoms with Crippen LogP contribution in [-0.2, 0) is 19.2 Å². The largest absolute Gasteiger partial charge is 0.507 e. The van der Waals surface area contributed by atoms with Gasteiger partial charge in [0, 0.05) is 5.92 Å². The molecule has 0 heterocycles. The SMILES string of the molecule is C=C1c2cccc(O)c2C(=O)C2C(=O)[C@@]3(O)C(=O)C(C(N)=O)C(=O)[C@H](N(C)C)C3[C@H](O)C12. The number of Topliss-reactive ketones (excluding diaryl/α,β-unsaturated/α-hetero) is 4. The summed E-state index contributed by atoms with van der Waals surface area (Å²) >= 11 is 0. The van der Waals surface area contributed by atoms with Crippen molar-refractivity contribution >= 4 is 34.6 Å². The first-order valence-corrected chi connectivity index (χ1v) is 9.91. The van der Waals surface area contributed by atoms with Crippen LogP contribution in [0.3, 0.4) is 0 Å². The lowest BCUT2D eigenvalue weighted by atomic mass is 9.50. The highest BCUT2D eigenvalue weighted by atomic mass is 16.3. The van der Waals surface area contributed by atoms with E-state index in [0.717, 1.165) is 0 Å². The number of aliphatic hydroxyl groups excluding tert-OH is 1. The molecule has 7 atom stereocenters. The fourth-order valence-corrected chi connectivity index (χ4v) is 5.57. The van der Waals surface area contributed by atoms with E-state index in [2.05, 4.69) is 6.58 Å². The number of hydrogen-bond acceptors (Lipinski definition) is 9. The summed E-state index contributed by atoms with van der Waals surface area (Å²) in [6.45, 7) is 3.90. The number of fused-ring (bicyclic) bond motifs is 3. The standard InChI is InChI=1S/C22H22N2O8/c1-7-8-5-4-6-9(25)11(8)16(26)12-10(7)17(27)14-15(24(2)3)18(28)13(21(23)31)20(30)22(14,32)19(12)29/h4-6,10,12-15,17,25,27,32H,1H2,2-3H3,(H2,23,31)/t10?,12?,13?,14?,15-,17-,22-/m1/s1. The van der Waals surface area contributed by atoms with E-state index in [1.54, 1.807) is 0 Å². The number of benzene rings is 1. The molecule has 0 bridgehead atoms. The van der Waals surface area contributed by atoms with Crippen molar-refractivity contribution in [3.05, 3.63) is 35.9 Å². The van der Waals surface area contributed by atoms with Crippen LogP contribution in [-0.4, -0.2) is 81.1 Å². The zero-order valence-corrected chi connectivity index (χ0v) is 17.3. The average Bonchev–Trinajstić information content (AvgIpc) is 2.70. The monoisotopic (exact) mass is 442 g/mol. The molecule has 2 saturated carbocycles. The van der Waals surface area contributed by atoms with Gasteiger partial charge in [0.2, 0.25) is 5.91 Å². The number of ketones is 4. The van der Waals surface area contributed by atoms with Gasteiger partial charge in [0.1, 0.15) is 5.75 Å². The number of carbonyl (C=O) groups is 5. The topological polar surface area (TPSA) is 175 Å². The fraction of sp³-hybridized carbons (Fsp3) is 0.409. The van der Waals surface area contributed by atoms with Crippen LogP contribution in [0.2, 0.25) is 0 Å². The minimum Gasteiger partial charge on any atom is -0.507 e. The number of aromatic hydroxyl groups is 1. The Morgan fingerprint density at radius 2 is 1.78 bits per heavy atom. The number of rotatable bonds is 2. The van der Waals surface area contributed by atoms with E-state index in [-0.39, 0.29) is 16.7 Å². The van der Waals surface area contributed by atoms with E-state index in [1.165, 1.54) is 37.2 Å². The fourth-order valence-electron chi connectivity index (χ4n) is 5.57. The van der Waals surface area contributed by atoms with Gasteiger partial charge in [-0.15, -0.1) is 0 Å². The van der Waals surface area contributed by atoms with Gasteiger partial charge in [-0.1, -0.05) is 18.7 Å². The predicted molar refractivity (Wildman–Crippen MR) is 108 cm³/mol. The molecule has 5 N–H and O–H groups in total. The second kappa shape index (κ2) is 6.89. The Labute approximate surface area is 182 Å². The summed E-state index contributed by atoms with van der Waals surface area (Å²) in [4.78, 5) is 66.2. The molecule has 0 radical (unpaired) electrons. The van der Waals surface area contributed by atoms with Crippen molar-refractivity contribution in [3.63, 3.8) is 0 Å². The van der Waals surface area contributed by atoms with Gasteiger partial charge < -0.3 is 21.1 Å². The maximum Gasteiger partial charge on any atom is 0.235 e. The van der Waals surface area contributed by atoms with Gasteiger partial charge >= 0.3 is 0 Å². The number of nitrogens with zero attached hydrogens (tertiary/aromatic N) is 1. The first-order valence-electron chi connectivity index (χ1n) is 9.91. The molecule has 1 aromatic rings. The van der Waals surface area contributed by atoms with Crippen molar-refractivity contribution in [2.45, 2.75) is 17.7 Å². The van der Waals surface area contributed by atoms with Gasteiger partial charge in [0.25, 0.3) is 0 Å². The minimum absolute atomic E-state index is 0.151. The molecule has 32 heavy (non-hydrogen) atoms. The smallest absolute Gasteiger partial charge is 0.235 e. The van der Waals surface area contributed by atoms with Gasteiger partial charge in [0.05, 0.1) is 29.5 Å². The summed E-state index contributed by atoms with van der Waals surface area (Å²) in [6.07, 6.45) is -1.72. The number of nitrogens with two attached hydrogens (primary N) is 1. The highest BCUT2D eigenvalue weighted by molar-refractivity contribution is 6.33. The van der Waals surface area contributed by atoms with Gasteiger partial charge in [-0.25, -0.2) is 0 Å². The van der Waals surface area contributed by atoms with E-state index in [0.29, 0.717) is 0 Å². The minimum atomic E-state index is -3.01. The van der Waals surface area contributed by atoms with Gasteiger partial charge in [-0.05, 0) is 31.3 Å². The van der Waals surface area contributed by atoms with Crippen LogP contribution < -0.4 is 5.73 Å². The summed E-state index contributed by atoms with van der Waals surface area (Å²) in [5, 5.41) is 33.0. The molecular formula is C22H22N2O8. The molecule has 3 aliphatic rings. The van der Waals surface area contributed by atoms with Crippen LogP contribution in [0.15, 0.2) is 24.8 Å². The molecule has 1 amide bonds. The number of primary amides is 1. The maximum atomic E-state index is 13.6. The lowest BCUT2D eigenvalue weighted by Gasteiger charge is -2.55. The zero-order chi connectivity index (χ0) is 23.9. The molecule has 10 heteroatoms. The molecule has 168 valence electrons. The Morgan fingerprint density at radius 1 is 1.16 bits per heavy atom. The molecule has 10 nitrogen and oxygen atoms in total. The quantitative estimate of drug-likeness (QED) is 0.389. The van der Waals surface area contributed by atoms with Crippen LogP contribution >= 0.6 is 0 Å². The van der Waals surface area contributed by atoms with Crippen LogP contribution in [0.4, 0.5) is 0 Å². The second-order valence-corrected chi connectivity index (χ2v) is 8.75. The average molecular weight is 442 g/mol. The third-order valence-corrected chi connectivity index (χ3v) is 6.95. The summed E-state index contributed by atoms with van der Waals surface area (Å²) in [5.41, 5.74) is 2.38. The Balaban J connectivity index is 1.97. The number of phenolic OH excluding ortho intramolecular Hbond substituents is 1. The van der Waals surface area contributed by atoms with E-state index in [1.807, 2.05) is 0 Å².